The van der Waals surface area contributed by atoms with E-state index in [0.29, 0.717) is 5.56 Å². The van der Waals surface area contributed by atoms with Gasteiger partial charge in [-0.25, -0.2) is 8.42 Å². The van der Waals surface area contributed by atoms with E-state index >= 15 is 0 Å². The van der Waals surface area contributed by atoms with Crippen molar-refractivity contribution in [1.82, 2.24) is 4.31 Å². The van der Waals surface area contributed by atoms with Gasteiger partial charge in [-0.2, -0.15) is 4.31 Å². The number of hydrogen-bond acceptors (Lipinski definition) is 4. The summed E-state index contributed by atoms with van der Waals surface area (Å²) in [6.45, 7) is 1.46. The van der Waals surface area contributed by atoms with Crippen molar-refractivity contribution in [3.8, 4) is 0 Å². The number of carbonyl (C=O) groups excluding carboxylic acids is 2. The van der Waals surface area contributed by atoms with Gasteiger partial charge in [0.1, 0.15) is 0 Å². The van der Waals surface area contributed by atoms with E-state index in [1.807, 2.05) is 18.2 Å². The zero-order chi connectivity index (χ0) is 18.4. The van der Waals surface area contributed by atoms with Gasteiger partial charge in [-0.15, -0.1) is 0 Å². The van der Waals surface area contributed by atoms with Crippen molar-refractivity contribution in [2.24, 2.45) is 5.73 Å². The maximum absolute atomic E-state index is 13.0. The Morgan fingerprint density at radius 1 is 1.04 bits per heavy atom. The van der Waals surface area contributed by atoms with Gasteiger partial charge in [0, 0.05) is 25.1 Å². The van der Waals surface area contributed by atoms with Gasteiger partial charge in [0.25, 0.3) is 0 Å². The number of ketones is 1. The smallest absolute Gasteiger partial charge is 0.243 e. The predicted molar refractivity (Wildman–Crippen MR) is 94.3 cm³/mol. The molecule has 0 aromatic heterocycles. The van der Waals surface area contributed by atoms with Crippen LogP contribution in [0.2, 0.25) is 0 Å². The summed E-state index contributed by atoms with van der Waals surface area (Å²) >= 11 is 0. The fourth-order valence-corrected chi connectivity index (χ4v) is 3.81. The summed E-state index contributed by atoms with van der Waals surface area (Å²) in [7, 11) is -3.88. The molecule has 2 rings (SSSR count). The van der Waals surface area contributed by atoms with Crippen LogP contribution in [0.25, 0.3) is 0 Å². The number of Topliss-reactive ketones (excluding diaryl/α,β-unsaturated/α-hetero) is 1. The first kappa shape index (κ1) is 18.8. The van der Waals surface area contributed by atoms with Crippen molar-refractivity contribution in [3.05, 3.63) is 65.7 Å². The molecule has 0 unspecified atom stereocenters. The van der Waals surface area contributed by atoms with Crippen LogP contribution in [0.3, 0.4) is 0 Å². The molecule has 25 heavy (non-hydrogen) atoms. The minimum absolute atomic E-state index is 0.0144. The molecule has 0 radical (unpaired) electrons. The first-order valence-corrected chi connectivity index (χ1v) is 9.18. The highest BCUT2D eigenvalue weighted by Crippen LogP contribution is 2.20. The van der Waals surface area contributed by atoms with Gasteiger partial charge >= 0.3 is 0 Å². The molecule has 0 heterocycles. The Bertz CT molecular complexity index is 864. The number of nitrogens with two attached hydrogens (primary N) is 1. The van der Waals surface area contributed by atoms with Gasteiger partial charge in [-0.05, 0) is 24.6 Å². The highest BCUT2D eigenvalue weighted by molar-refractivity contribution is 7.89. The summed E-state index contributed by atoms with van der Waals surface area (Å²) in [4.78, 5) is 22.7. The van der Waals surface area contributed by atoms with Crippen LogP contribution in [0, 0.1) is 0 Å². The van der Waals surface area contributed by atoms with Crippen molar-refractivity contribution in [2.75, 3.05) is 6.54 Å². The lowest BCUT2D eigenvalue weighted by Gasteiger charge is -2.22. The maximum atomic E-state index is 13.0. The molecule has 0 aliphatic carbocycles. The Labute approximate surface area is 147 Å². The Kier molecular flexibility index (Phi) is 6.06. The molecule has 2 aromatic carbocycles. The van der Waals surface area contributed by atoms with Crippen molar-refractivity contribution >= 4 is 21.7 Å². The molecule has 0 saturated carbocycles. The number of amides is 1. The van der Waals surface area contributed by atoms with Gasteiger partial charge < -0.3 is 5.73 Å². The summed E-state index contributed by atoms with van der Waals surface area (Å²) in [5, 5.41) is 0. The van der Waals surface area contributed by atoms with Crippen LogP contribution >= 0.6 is 0 Å². The number of benzene rings is 2. The van der Waals surface area contributed by atoms with Crippen LogP contribution in [-0.4, -0.2) is 31.0 Å². The molecule has 0 fully saturated rings. The normalized spacial score (nSPS) is 11.4. The van der Waals surface area contributed by atoms with Crippen molar-refractivity contribution in [3.63, 3.8) is 0 Å². The molecule has 0 atom stereocenters. The molecule has 0 saturated heterocycles. The summed E-state index contributed by atoms with van der Waals surface area (Å²) < 4.78 is 27.2. The lowest BCUT2D eigenvalue weighted by molar-refractivity contribution is -0.118. The third-order valence-corrected chi connectivity index (χ3v) is 5.53. The van der Waals surface area contributed by atoms with E-state index in [4.69, 9.17) is 5.73 Å². The fourth-order valence-electron chi connectivity index (χ4n) is 2.33. The van der Waals surface area contributed by atoms with Crippen LogP contribution in [0.4, 0.5) is 0 Å². The predicted octanol–water partition coefficient (Wildman–Crippen LogP) is 1.96. The Morgan fingerprint density at radius 2 is 1.72 bits per heavy atom. The Balaban J connectivity index is 2.38. The van der Waals surface area contributed by atoms with Gasteiger partial charge in [0.15, 0.2) is 5.78 Å². The quantitative estimate of drug-likeness (QED) is 0.728. The minimum atomic E-state index is -3.88. The zero-order valence-corrected chi connectivity index (χ0v) is 14.7. The standard InChI is InChI=1S/C18H20N2O4S/c1-14(21)16-8-5-9-17(12-16)25(23,24)20(11-10-18(19)22)13-15-6-3-2-4-7-15/h2-9,12H,10-11,13H2,1H3,(H2,19,22). The van der Waals surface area contributed by atoms with Gasteiger partial charge in [-0.3, -0.25) is 9.59 Å². The van der Waals surface area contributed by atoms with Crippen LogP contribution in [0.5, 0.6) is 0 Å². The van der Waals surface area contributed by atoms with Gasteiger partial charge in [0.2, 0.25) is 15.9 Å². The SMILES string of the molecule is CC(=O)c1cccc(S(=O)(=O)N(CCC(N)=O)Cc2ccccc2)c1. The summed E-state index contributed by atoms with van der Waals surface area (Å²) in [6.07, 6.45) is -0.0849. The molecule has 0 aliphatic heterocycles. The van der Waals surface area contributed by atoms with Crippen molar-refractivity contribution in [2.45, 2.75) is 24.8 Å². The highest BCUT2D eigenvalue weighted by atomic mass is 32.2. The average molecular weight is 360 g/mol. The number of carbonyl (C=O) groups is 2. The van der Waals surface area contributed by atoms with Crippen LogP contribution < -0.4 is 5.73 Å². The molecular formula is C18H20N2O4S. The zero-order valence-electron chi connectivity index (χ0n) is 13.9. The molecule has 0 aliphatic rings. The summed E-state index contributed by atoms with van der Waals surface area (Å²) in [5.41, 5.74) is 6.28. The van der Waals surface area contributed by atoms with Crippen LogP contribution in [0.1, 0.15) is 29.3 Å². The average Bonchev–Trinajstić information content (AvgIpc) is 2.59. The third kappa shape index (κ3) is 4.98. The third-order valence-electron chi connectivity index (χ3n) is 3.69. The molecule has 132 valence electrons. The molecule has 2 aromatic rings. The topological polar surface area (TPSA) is 97.5 Å². The number of hydrogen-bond donors (Lipinski definition) is 1. The van der Waals surface area contributed by atoms with Crippen molar-refractivity contribution < 1.29 is 18.0 Å². The minimum Gasteiger partial charge on any atom is -0.370 e. The Hall–Kier alpha value is -2.51. The lowest BCUT2D eigenvalue weighted by Crippen LogP contribution is -2.33. The van der Waals surface area contributed by atoms with Gasteiger partial charge in [0.05, 0.1) is 4.90 Å². The first-order chi connectivity index (χ1) is 11.8. The number of nitrogens with zero attached hydrogens (tertiary/aromatic N) is 1. The van der Waals surface area contributed by atoms with E-state index in [2.05, 4.69) is 0 Å². The molecule has 0 spiro atoms. The Morgan fingerprint density at radius 3 is 2.32 bits per heavy atom. The van der Waals surface area contributed by atoms with E-state index in [9.17, 15) is 18.0 Å². The molecule has 7 heteroatoms. The van der Waals surface area contributed by atoms with E-state index < -0.39 is 15.9 Å². The summed E-state index contributed by atoms with van der Waals surface area (Å²) in [6, 6.07) is 14.9. The van der Waals surface area contributed by atoms with Crippen LogP contribution in [0.15, 0.2) is 59.5 Å². The fraction of sp³-hybridized carbons (Fsp3) is 0.222. The molecule has 1 amide bonds. The number of primary amides is 1. The monoisotopic (exact) mass is 360 g/mol. The van der Waals surface area contributed by atoms with Crippen molar-refractivity contribution in [1.29, 1.82) is 0 Å². The highest BCUT2D eigenvalue weighted by Gasteiger charge is 2.25. The number of rotatable bonds is 8. The second-order valence-electron chi connectivity index (χ2n) is 5.62. The lowest BCUT2D eigenvalue weighted by atomic mass is 10.2. The second-order valence-corrected chi connectivity index (χ2v) is 7.56. The molecular weight excluding hydrogens is 340 g/mol. The van der Waals surface area contributed by atoms with E-state index in [-0.39, 0.29) is 30.2 Å². The number of sulfonamides is 1. The molecule has 6 nitrogen and oxygen atoms in total. The molecule has 2 N–H and O–H groups in total. The molecule has 0 bridgehead atoms. The van der Waals surface area contributed by atoms with Crippen LogP contribution in [-0.2, 0) is 21.4 Å². The van der Waals surface area contributed by atoms with Gasteiger partial charge in [-0.1, -0.05) is 42.5 Å². The summed E-state index contributed by atoms with van der Waals surface area (Å²) in [5.74, 6) is -0.797. The van der Waals surface area contributed by atoms with E-state index in [1.165, 1.54) is 29.4 Å². The van der Waals surface area contributed by atoms with E-state index in [1.54, 1.807) is 18.2 Å². The largest absolute Gasteiger partial charge is 0.370 e. The first-order valence-electron chi connectivity index (χ1n) is 7.74. The maximum Gasteiger partial charge on any atom is 0.243 e. The van der Waals surface area contributed by atoms with E-state index in [0.717, 1.165) is 5.56 Å². The second kappa shape index (κ2) is 8.04.